The fourth-order valence-electron chi connectivity index (χ4n) is 4.93. The number of hydrogen-bond acceptors (Lipinski definition) is 3. The van der Waals surface area contributed by atoms with Crippen LogP contribution in [-0.4, -0.2) is 47.8 Å². The average Bonchev–Trinajstić information content (AvgIpc) is 3.08. The molecule has 0 amide bonds. The van der Waals surface area contributed by atoms with Gasteiger partial charge in [0.05, 0.1) is 6.10 Å². The van der Waals surface area contributed by atoms with Crippen molar-refractivity contribution in [2.45, 2.75) is 95.2 Å². The second-order valence-corrected chi connectivity index (χ2v) is 7.96. The standard InChI is InChI=1S/C19H36N2O/c22-19-10-4-1-6-16(19)7-5-13-20-17-11-14-21(15-12-17)18-8-2-3-9-18/h16-20,22H,1-15H2. The van der Waals surface area contributed by atoms with Gasteiger partial charge in [0.1, 0.15) is 0 Å². The molecule has 0 bridgehead atoms. The first-order valence-corrected chi connectivity index (χ1v) is 9.98. The minimum atomic E-state index is -0.0107. The van der Waals surface area contributed by atoms with E-state index in [4.69, 9.17) is 0 Å². The van der Waals surface area contributed by atoms with Gasteiger partial charge in [-0.3, -0.25) is 0 Å². The lowest BCUT2D eigenvalue weighted by atomic mass is 9.83. The highest BCUT2D eigenvalue weighted by atomic mass is 16.3. The summed E-state index contributed by atoms with van der Waals surface area (Å²) in [5.41, 5.74) is 0. The molecule has 0 spiro atoms. The van der Waals surface area contributed by atoms with Crippen molar-refractivity contribution in [1.82, 2.24) is 10.2 Å². The number of hydrogen-bond donors (Lipinski definition) is 2. The molecule has 2 atom stereocenters. The molecule has 0 aromatic carbocycles. The Morgan fingerprint density at radius 1 is 0.864 bits per heavy atom. The summed E-state index contributed by atoms with van der Waals surface area (Å²) in [6.07, 6.45) is 15.8. The third kappa shape index (κ3) is 4.69. The van der Waals surface area contributed by atoms with Crippen LogP contribution < -0.4 is 5.32 Å². The second-order valence-electron chi connectivity index (χ2n) is 7.96. The largest absolute Gasteiger partial charge is 0.393 e. The predicted molar refractivity (Wildman–Crippen MR) is 92.1 cm³/mol. The van der Waals surface area contributed by atoms with Crippen molar-refractivity contribution >= 4 is 0 Å². The van der Waals surface area contributed by atoms with E-state index in [1.54, 1.807) is 0 Å². The summed E-state index contributed by atoms with van der Waals surface area (Å²) < 4.78 is 0. The molecule has 2 aliphatic carbocycles. The first-order chi connectivity index (χ1) is 10.8. The predicted octanol–water partition coefficient (Wildman–Crippen LogP) is 3.31. The highest BCUT2D eigenvalue weighted by molar-refractivity contribution is 4.84. The van der Waals surface area contributed by atoms with Gasteiger partial charge in [-0.05, 0) is 76.9 Å². The Labute approximate surface area is 136 Å². The molecule has 3 fully saturated rings. The van der Waals surface area contributed by atoms with Crippen LogP contribution in [0.1, 0.15) is 77.0 Å². The minimum Gasteiger partial charge on any atom is -0.393 e. The lowest BCUT2D eigenvalue weighted by Gasteiger charge is -2.36. The SMILES string of the molecule is OC1CCCCC1CCCNC1CCN(C2CCCC2)CC1. The number of piperidine rings is 1. The van der Waals surface area contributed by atoms with E-state index in [0.29, 0.717) is 5.92 Å². The van der Waals surface area contributed by atoms with Crippen LogP contribution in [0, 0.1) is 5.92 Å². The van der Waals surface area contributed by atoms with E-state index < -0.39 is 0 Å². The van der Waals surface area contributed by atoms with Crippen LogP contribution >= 0.6 is 0 Å². The van der Waals surface area contributed by atoms with Gasteiger partial charge in [-0.1, -0.05) is 25.7 Å². The molecule has 1 heterocycles. The summed E-state index contributed by atoms with van der Waals surface area (Å²) in [4.78, 5) is 2.75. The zero-order chi connectivity index (χ0) is 15.2. The van der Waals surface area contributed by atoms with Gasteiger partial charge in [-0.2, -0.15) is 0 Å². The Bertz CT molecular complexity index is 309. The molecule has 3 rings (SSSR count). The maximum Gasteiger partial charge on any atom is 0.0568 e. The summed E-state index contributed by atoms with van der Waals surface area (Å²) in [6.45, 7) is 3.77. The van der Waals surface area contributed by atoms with Gasteiger partial charge in [0.25, 0.3) is 0 Å². The van der Waals surface area contributed by atoms with Gasteiger partial charge in [0, 0.05) is 12.1 Å². The van der Waals surface area contributed by atoms with Crippen LogP contribution in [0.25, 0.3) is 0 Å². The van der Waals surface area contributed by atoms with Crippen LogP contribution in [0.3, 0.4) is 0 Å². The topological polar surface area (TPSA) is 35.5 Å². The lowest BCUT2D eigenvalue weighted by molar-refractivity contribution is 0.0640. The number of nitrogens with one attached hydrogen (secondary N) is 1. The molecule has 2 N–H and O–H groups in total. The average molecular weight is 309 g/mol. The van der Waals surface area contributed by atoms with E-state index in [9.17, 15) is 5.11 Å². The smallest absolute Gasteiger partial charge is 0.0568 e. The number of nitrogens with zero attached hydrogens (tertiary/aromatic N) is 1. The van der Waals surface area contributed by atoms with Gasteiger partial charge in [0.2, 0.25) is 0 Å². The Hall–Kier alpha value is -0.120. The number of rotatable bonds is 6. The van der Waals surface area contributed by atoms with Crippen molar-refractivity contribution in [3.8, 4) is 0 Å². The Balaban J connectivity index is 1.25. The van der Waals surface area contributed by atoms with Crippen molar-refractivity contribution in [3.63, 3.8) is 0 Å². The Kier molecular flexibility index (Phi) is 6.58. The summed E-state index contributed by atoms with van der Waals surface area (Å²) in [5.74, 6) is 0.583. The zero-order valence-electron chi connectivity index (χ0n) is 14.3. The monoisotopic (exact) mass is 308 g/mol. The first kappa shape index (κ1) is 16.7. The van der Waals surface area contributed by atoms with Crippen molar-refractivity contribution in [1.29, 1.82) is 0 Å². The van der Waals surface area contributed by atoms with Crippen LogP contribution in [0.5, 0.6) is 0 Å². The summed E-state index contributed by atoms with van der Waals surface area (Å²) in [7, 11) is 0. The number of likely N-dealkylation sites (tertiary alicyclic amines) is 1. The molecule has 3 aliphatic rings. The van der Waals surface area contributed by atoms with Crippen LogP contribution in [-0.2, 0) is 0 Å². The van der Waals surface area contributed by atoms with Gasteiger partial charge in [0.15, 0.2) is 0 Å². The van der Waals surface area contributed by atoms with Crippen molar-refractivity contribution in [3.05, 3.63) is 0 Å². The van der Waals surface area contributed by atoms with Gasteiger partial charge in [-0.15, -0.1) is 0 Å². The van der Waals surface area contributed by atoms with Crippen LogP contribution in [0.15, 0.2) is 0 Å². The molecular weight excluding hydrogens is 272 g/mol. The minimum absolute atomic E-state index is 0.0107. The maximum absolute atomic E-state index is 10.0. The van der Waals surface area contributed by atoms with E-state index in [0.717, 1.165) is 25.0 Å². The maximum atomic E-state index is 10.0. The Morgan fingerprint density at radius 3 is 2.27 bits per heavy atom. The molecule has 22 heavy (non-hydrogen) atoms. The van der Waals surface area contributed by atoms with Gasteiger partial charge >= 0.3 is 0 Å². The molecule has 0 radical (unpaired) electrons. The third-order valence-electron chi connectivity index (χ3n) is 6.42. The molecule has 1 saturated heterocycles. The van der Waals surface area contributed by atoms with E-state index in [-0.39, 0.29) is 6.10 Å². The Morgan fingerprint density at radius 2 is 1.55 bits per heavy atom. The van der Waals surface area contributed by atoms with Crippen molar-refractivity contribution in [2.24, 2.45) is 5.92 Å². The van der Waals surface area contributed by atoms with Crippen LogP contribution in [0.4, 0.5) is 0 Å². The molecule has 2 saturated carbocycles. The molecule has 2 unspecified atom stereocenters. The van der Waals surface area contributed by atoms with Crippen molar-refractivity contribution < 1.29 is 5.11 Å². The molecular formula is C19H36N2O. The normalized spacial score (nSPS) is 32.6. The quantitative estimate of drug-likeness (QED) is 0.739. The van der Waals surface area contributed by atoms with Gasteiger partial charge in [-0.25, -0.2) is 0 Å². The molecule has 0 aromatic heterocycles. The summed E-state index contributed by atoms with van der Waals surface area (Å²) in [5, 5.41) is 13.8. The number of aliphatic hydroxyl groups excluding tert-OH is 1. The van der Waals surface area contributed by atoms with E-state index in [1.165, 1.54) is 83.7 Å². The van der Waals surface area contributed by atoms with Crippen molar-refractivity contribution in [2.75, 3.05) is 19.6 Å². The molecule has 1 aliphatic heterocycles. The second kappa shape index (κ2) is 8.65. The lowest BCUT2D eigenvalue weighted by Crippen LogP contribution is -2.46. The molecule has 0 aromatic rings. The van der Waals surface area contributed by atoms with Crippen LogP contribution in [0.2, 0.25) is 0 Å². The van der Waals surface area contributed by atoms with Gasteiger partial charge < -0.3 is 15.3 Å². The fourth-order valence-corrected chi connectivity index (χ4v) is 4.93. The fraction of sp³-hybridized carbons (Fsp3) is 1.00. The molecule has 128 valence electrons. The van der Waals surface area contributed by atoms with E-state index >= 15 is 0 Å². The zero-order valence-corrected chi connectivity index (χ0v) is 14.3. The molecule has 3 nitrogen and oxygen atoms in total. The highest BCUT2D eigenvalue weighted by Crippen LogP contribution is 2.28. The molecule has 3 heteroatoms. The summed E-state index contributed by atoms with van der Waals surface area (Å²) >= 11 is 0. The van der Waals surface area contributed by atoms with E-state index in [2.05, 4.69) is 10.2 Å². The van der Waals surface area contributed by atoms with E-state index in [1.807, 2.05) is 0 Å². The third-order valence-corrected chi connectivity index (χ3v) is 6.42. The first-order valence-electron chi connectivity index (χ1n) is 9.98. The summed E-state index contributed by atoms with van der Waals surface area (Å²) in [6, 6.07) is 1.66. The highest BCUT2D eigenvalue weighted by Gasteiger charge is 2.27. The number of aliphatic hydroxyl groups is 1.